The van der Waals surface area contributed by atoms with Gasteiger partial charge >= 0.3 is 0 Å². The normalized spacial score (nSPS) is 24.4. The van der Waals surface area contributed by atoms with E-state index in [1.54, 1.807) is 0 Å². The minimum absolute atomic E-state index is 0.0445. The van der Waals surface area contributed by atoms with Gasteiger partial charge in [-0.15, -0.1) is 0 Å². The fourth-order valence-corrected chi connectivity index (χ4v) is 2.19. The van der Waals surface area contributed by atoms with E-state index in [1.165, 1.54) is 19.3 Å². The zero-order valence-corrected chi connectivity index (χ0v) is 10.5. The lowest BCUT2D eigenvalue weighted by atomic mass is 10.0. The largest absolute Gasteiger partial charge is 0.390 e. The van der Waals surface area contributed by atoms with Crippen LogP contribution in [0, 0.1) is 0 Å². The number of aliphatic hydroxyl groups is 1. The molecular formula is C12H24F2N2O. The van der Waals surface area contributed by atoms with Crippen molar-refractivity contribution in [2.24, 2.45) is 0 Å². The fourth-order valence-electron chi connectivity index (χ4n) is 2.19. The summed E-state index contributed by atoms with van der Waals surface area (Å²) in [7, 11) is 0. The van der Waals surface area contributed by atoms with Crippen LogP contribution in [0.15, 0.2) is 0 Å². The molecule has 0 radical (unpaired) electrons. The summed E-state index contributed by atoms with van der Waals surface area (Å²) in [5.74, 6) is -3.01. The summed E-state index contributed by atoms with van der Waals surface area (Å²) < 4.78 is 25.7. The summed E-state index contributed by atoms with van der Waals surface area (Å²) in [5.41, 5.74) is 0. The van der Waals surface area contributed by atoms with E-state index >= 15 is 0 Å². The lowest BCUT2D eigenvalue weighted by molar-refractivity contribution is -0.0492. The van der Waals surface area contributed by atoms with Crippen molar-refractivity contribution in [3.63, 3.8) is 0 Å². The Kier molecular flexibility index (Phi) is 6.30. The van der Waals surface area contributed by atoms with Crippen molar-refractivity contribution in [2.45, 2.75) is 57.0 Å². The Morgan fingerprint density at radius 3 is 2.88 bits per heavy atom. The number of alkyl halides is 2. The van der Waals surface area contributed by atoms with Gasteiger partial charge in [-0.1, -0.05) is 12.8 Å². The molecule has 3 N–H and O–H groups in total. The lowest BCUT2D eigenvalue weighted by Gasteiger charge is -2.23. The first-order chi connectivity index (χ1) is 8.03. The van der Waals surface area contributed by atoms with Gasteiger partial charge in [0.05, 0.1) is 6.54 Å². The standard InChI is InChI=1S/C12H24F2N2O/c1-10(16-8-12(13,14)9-17)7-11-5-3-2-4-6-15-11/h10-11,15-17H,2-9H2,1H3. The van der Waals surface area contributed by atoms with Crippen molar-refractivity contribution in [3.8, 4) is 0 Å². The Morgan fingerprint density at radius 1 is 1.41 bits per heavy atom. The third-order valence-corrected chi connectivity index (χ3v) is 3.24. The molecule has 0 aliphatic carbocycles. The van der Waals surface area contributed by atoms with Crippen LogP contribution in [0.4, 0.5) is 8.78 Å². The number of hydrogen-bond donors (Lipinski definition) is 3. The number of aliphatic hydroxyl groups excluding tert-OH is 1. The number of halogens is 2. The van der Waals surface area contributed by atoms with Crippen molar-refractivity contribution in [3.05, 3.63) is 0 Å². The highest BCUT2D eigenvalue weighted by atomic mass is 19.3. The molecular weight excluding hydrogens is 226 g/mol. The average Bonchev–Trinajstić information content (AvgIpc) is 2.55. The first-order valence-corrected chi connectivity index (χ1v) is 6.49. The van der Waals surface area contributed by atoms with Crippen molar-refractivity contribution in [2.75, 3.05) is 19.7 Å². The van der Waals surface area contributed by atoms with Gasteiger partial charge in [-0.3, -0.25) is 0 Å². The van der Waals surface area contributed by atoms with Gasteiger partial charge < -0.3 is 15.7 Å². The molecule has 1 saturated heterocycles. The Labute approximate surface area is 102 Å². The van der Waals surface area contributed by atoms with Crippen LogP contribution in [-0.2, 0) is 0 Å². The topological polar surface area (TPSA) is 44.3 Å². The molecule has 0 aromatic rings. The van der Waals surface area contributed by atoms with E-state index in [0.717, 1.165) is 19.4 Å². The number of nitrogens with one attached hydrogen (secondary N) is 2. The summed E-state index contributed by atoms with van der Waals surface area (Å²) in [6, 6.07) is 0.478. The van der Waals surface area contributed by atoms with E-state index in [0.29, 0.717) is 6.04 Å². The molecule has 0 spiro atoms. The molecule has 1 aliphatic rings. The first kappa shape index (κ1) is 14.8. The average molecular weight is 250 g/mol. The van der Waals surface area contributed by atoms with E-state index in [-0.39, 0.29) is 6.04 Å². The van der Waals surface area contributed by atoms with E-state index in [9.17, 15) is 8.78 Å². The second kappa shape index (κ2) is 7.24. The molecule has 2 atom stereocenters. The summed E-state index contributed by atoms with van der Waals surface area (Å²) in [5, 5.41) is 14.7. The number of rotatable bonds is 6. The Morgan fingerprint density at radius 2 is 2.18 bits per heavy atom. The molecule has 1 heterocycles. The highest BCUT2D eigenvalue weighted by Gasteiger charge is 2.28. The minimum atomic E-state index is -3.01. The van der Waals surface area contributed by atoms with Gasteiger partial charge in [0, 0.05) is 12.1 Å². The second-order valence-corrected chi connectivity index (χ2v) is 5.03. The van der Waals surface area contributed by atoms with Gasteiger partial charge in [0.1, 0.15) is 6.61 Å². The zero-order chi connectivity index (χ0) is 12.7. The van der Waals surface area contributed by atoms with E-state index in [1.807, 2.05) is 6.92 Å². The fraction of sp³-hybridized carbons (Fsp3) is 1.00. The van der Waals surface area contributed by atoms with E-state index in [4.69, 9.17) is 5.11 Å². The quantitative estimate of drug-likeness (QED) is 0.669. The van der Waals surface area contributed by atoms with Crippen LogP contribution in [0.2, 0.25) is 0 Å². The SMILES string of the molecule is CC(CC1CCCCCN1)NCC(F)(F)CO. The maximum atomic E-state index is 12.8. The van der Waals surface area contributed by atoms with E-state index in [2.05, 4.69) is 10.6 Å². The summed E-state index contributed by atoms with van der Waals surface area (Å²) in [6.07, 6.45) is 5.68. The van der Waals surface area contributed by atoms with Crippen molar-refractivity contribution in [1.82, 2.24) is 10.6 Å². The molecule has 1 aliphatic heterocycles. The van der Waals surface area contributed by atoms with Crippen LogP contribution in [-0.4, -0.2) is 42.8 Å². The van der Waals surface area contributed by atoms with Crippen molar-refractivity contribution in [1.29, 1.82) is 0 Å². The Bertz CT molecular complexity index is 207. The molecule has 3 nitrogen and oxygen atoms in total. The van der Waals surface area contributed by atoms with Crippen LogP contribution in [0.5, 0.6) is 0 Å². The third-order valence-electron chi connectivity index (χ3n) is 3.24. The predicted octanol–water partition coefficient (Wildman–Crippen LogP) is 1.51. The second-order valence-electron chi connectivity index (χ2n) is 5.03. The molecule has 1 rings (SSSR count). The summed E-state index contributed by atoms with van der Waals surface area (Å²) in [6.45, 7) is 1.41. The van der Waals surface area contributed by atoms with Crippen LogP contribution >= 0.6 is 0 Å². The predicted molar refractivity (Wildman–Crippen MR) is 64.4 cm³/mol. The number of hydrogen-bond acceptors (Lipinski definition) is 3. The van der Waals surface area contributed by atoms with Gasteiger partial charge in [0.25, 0.3) is 5.92 Å². The molecule has 17 heavy (non-hydrogen) atoms. The molecule has 0 amide bonds. The third kappa shape index (κ3) is 6.29. The van der Waals surface area contributed by atoms with Crippen molar-refractivity contribution < 1.29 is 13.9 Å². The molecule has 0 aromatic carbocycles. The molecule has 0 aromatic heterocycles. The van der Waals surface area contributed by atoms with Gasteiger partial charge in [-0.25, -0.2) is 8.78 Å². The Balaban J connectivity index is 2.21. The maximum absolute atomic E-state index is 12.8. The summed E-state index contributed by atoms with van der Waals surface area (Å²) >= 11 is 0. The molecule has 2 unspecified atom stereocenters. The monoisotopic (exact) mass is 250 g/mol. The smallest absolute Gasteiger partial charge is 0.282 e. The zero-order valence-electron chi connectivity index (χ0n) is 10.5. The first-order valence-electron chi connectivity index (χ1n) is 6.49. The van der Waals surface area contributed by atoms with Gasteiger partial charge in [-0.05, 0) is 32.7 Å². The van der Waals surface area contributed by atoms with Crippen LogP contribution in [0.3, 0.4) is 0 Å². The van der Waals surface area contributed by atoms with Crippen LogP contribution in [0.25, 0.3) is 0 Å². The Hall–Kier alpha value is -0.260. The molecule has 102 valence electrons. The minimum Gasteiger partial charge on any atom is -0.390 e. The molecule has 1 fully saturated rings. The van der Waals surface area contributed by atoms with Crippen molar-refractivity contribution >= 4 is 0 Å². The molecule has 5 heteroatoms. The molecule has 0 saturated carbocycles. The van der Waals surface area contributed by atoms with Gasteiger partial charge in [-0.2, -0.15) is 0 Å². The maximum Gasteiger partial charge on any atom is 0.282 e. The van der Waals surface area contributed by atoms with Gasteiger partial charge in [0.2, 0.25) is 0 Å². The lowest BCUT2D eigenvalue weighted by Crippen LogP contribution is -2.43. The van der Waals surface area contributed by atoms with Gasteiger partial charge in [0.15, 0.2) is 0 Å². The van der Waals surface area contributed by atoms with E-state index < -0.39 is 19.1 Å². The highest BCUT2D eigenvalue weighted by molar-refractivity contribution is 4.78. The van der Waals surface area contributed by atoms with Crippen LogP contribution in [0.1, 0.15) is 39.0 Å². The summed E-state index contributed by atoms with van der Waals surface area (Å²) in [4.78, 5) is 0. The highest BCUT2D eigenvalue weighted by Crippen LogP contribution is 2.14. The van der Waals surface area contributed by atoms with Crippen LogP contribution < -0.4 is 10.6 Å². The molecule has 0 bridgehead atoms.